The second-order valence-electron chi connectivity index (χ2n) is 4.55. The van der Waals surface area contributed by atoms with Crippen LogP contribution in [0.15, 0.2) is 11.8 Å². The third-order valence-electron chi connectivity index (χ3n) is 3.57. The summed E-state index contributed by atoms with van der Waals surface area (Å²) in [5, 5.41) is 12.9. The largest absolute Gasteiger partial charge is 0.405 e. The Balaban J connectivity index is 2.66. The zero-order valence-electron chi connectivity index (χ0n) is 9.87. The number of aliphatic hydroxyl groups excluding tert-OH is 1. The molecule has 0 bridgehead atoms. The standard InChI is InChI=1S/C12H24N2O/c1-9(14-2)12-5-3-4-11(15)7-6-10(12)8-13/h8-9,11-12,14-15H,3-7,13H2,1-2H3/b10-8-. The van der Waals surface area contributed by atoms with Crippen LogP contribution < -0.4 is 11.1 Å². The van der Waals surface area contributed by atoms with Crippen molar-refractivity contribution >= 4 is 0 Å². The van der Waals surface area contributed by atoms with E-state index in [2.05, 4.69) is 12.2 Å². The number of nitrogens with two attached hydrogens (primary N) is 1. The van der Waals surface area contributed by atoms with E-state index in [1.165, 1.54) is 5.57 Å². The summed E-state index contributed by atoms with van der Waals surface area (Å²) in [5.74, 6) is 0.535. The molecular formula is C12H24N2O. The molecule has 0 amide bonds. The second kappa shape index (κ2) is 6.13. The maximum absolute atomic E-state index is 9.63. The molecule has 3 atom stereocenters. The Morgan fingerprint density at radius 1 is 1.47 bits per heavy atom. The lowest BCUT2D eigenvalue weighted by molar-refractivity contribution is 0.141. The van der Waals surface area contributed by atoms with Crippen molar-refractivity contribution in [2.75, 3.05) is 7.05 Å². The number of rotatable bonds is 2. The van der Waals surface area contributed by atoms with Crippen LogP contribution in [0.1, 0.15) is 39.0 Å². The van der Waals surface area contributed by atoms with E-state index in [4.69, 9.17) is 5.73 Å². The van der Waals surface area contributed by atoms with Gasteiger partial charge in [-0.15, -0.1) is 0 Å². The quantitative estimate of drug-likeness (QED) is 0.648. The molecule has 0 aromatic heterocycles. The van der Waals surface area contributed by atoms with Gasteiger partial charge in [-0.05, 0) is 51.8 Å². The summed E-state index contributed by atoms with van der Waals surface area (Å²) in [6.07, 6.45) is 6.56. The molecule has 0 heterocycles. The van der Waals surface area contributed by atoms with Crippen LogP contribution in [0.4, 0.5) is 0 Å². The van der Waals surface area contributed by atoms with Crippen molar-refractivity contribution in [1.29, 1.82) is 0 Å². The molecule has 1 fully saturated rings. The minimum absolute atomic E-state index is 0.134. The van der Waals surface area contributed by atoms with E-state index in [0.717, 1.165) is 32.1 Å². The van der Waals surface area contributed by atoms with Crippen molar-refractivity contribution < 1.29 is 5.11 Å². The van der Waals surface area contributed by atoms with Gasteiger partial charge in [-0.2, -0.15) is 0 Å². The molecule has 1 aliphatic carbocycles. The molecule has 0 radical (unpaired) electrons. The Bertz CT molecular complexity index is 216. The minimum atomic E-state index is -0.134. The summed E-state index contributed by atoms with van der Waals surface area (Å²) in [6, 6.07) is 0.468. The SMILES string of the molecule is CNC(C)C1CCCC(O)CC/C1=C/N. The highest BCUT2D eigenvalue weighted by molar-refractivity contribution is 5.09. The normalized spacial score (nSPS) is 33.4. The number of hydrogen-bond donors (Lipinski definition) is 3. The van der Waals surface area contributed by atoms with Crippen LogP contribution >= 0.6 is 0 Å². The van der Waals surface area contributed by atoms with Crippen LogP contribution in [0.5, 0.6) is 0 Å². The second-order valence-corrected chi connectivity index (χ2v) is 4.55. The molecule has 15 heavy (non-hydrogen) atoms. The molecule has 3 nitrogen and oxygen atoms in total. The highest BCUT2D eigenvalue weighted by Gasteiger charge is 2.23. The van der Waals surface area contributed by atoms with Gasteiger partial charge in [0, 0.05) is 6.04 Å². The van der Waals surface area contributed by atoms with E-state index in [1.807, 2.05) is 7.05 Å². The van der Waals surface area contributed by atoms with Gasteiger partial charge in [-0.25, -0.2) is 0 Å². The van der Waals surface area contributed by atoms with Gasteiger partial charge in [-0.3, -0.25) is 0 Å². The predicted octanol–water partition coefficient (Wildman–Crippen LogP) is 1.38. The first kappa shape index (κ1) is 12.5. The van der Waals surface area contributed by atoms with E-state index in [0.29, 0.717) is 12.0 Å². The topological polar surface area (TPSA) is 58.3 Å². The van der Waals surface area contributed by atoms with Gasteiger partial charge in [0.25, 0.3) is 0 Å². The summed E-state index contributed by atoms with van der Waals surface area (Å²) in [5.41, 5.74) is 6.98. The molecule has 0 saturated heterocycles. The van der Waals surface area contributed by atoms with Crippen LogP contribution in [-0.4, -0.2) is 24.3 Å². The maximum atomic E-state index is 9.63. The van der Waals surface area contributed by atoms with Gasteiger partial charge < -0.3 is 16.2 Å². The molecule has 4 N–H and O–H groups in total. The molecular weight excluding hydrogens is 188 g/mol. The summed E-state index contributed by atoms with van der Waals surface area (Å²) in [7, 11) is 1.99. The molecule has 0 aromatic rings. The fourth-order valence-electron chi connectivity index (χ4n) is 2.40. The average Bonchev–Trinajstić information content (AvgIpc) is 2.23. The summed E-state index contributed by atoms with van der Waals surface area (Å²) in [6.45, 7) is 2.20. The molecule has 1 aliphatic rings. The first-order valence-electron chi connectivity index (χ1n) is 5.95. The number of hydrogen-bond acceptors (Lipinski definition) is 3. The van der Waals surface area contributed by atoms with Crippen LogP contribution in [0, 0.1) is 5.92 Å². The lowest BCUT2D eigenvalue weighted by Crippen LogP contribution is -2.33. The minimum Gasteiger partial charge on any atom is -0.405 e. The van der Waals surface area contributed by atoms with Crippen molar-refractivity contribution in [1.82, 2.24) is 5.32 Å². The van der Waals surface area contributed by atoms with Crippen LogP contribution in [-0.2, 0) is 0 Å². The fraction of sp³-hybridized carbons (Fsp3) is 0.833. The van der Waals surface area contributed by atoms with E-state index >= 15 is 0 Å². The molecule has 0 aliphatic heterocycles. The summed E-state index contributed by atoms with van der Waals surface area (Å²) in [4.78, 5) is 0. The Hall–Kier alpha value is -0.540. The van der Waals surface area contributed by atoms with Gasteiger partial charge >= 0.3 is 0 Å². The average molecular weight is 212 g/mol. The smallest absolute Gasteiger partial charge is 0.0543 e. The fourth-order valence-corrected chi connectivity index (χ4v) is 2.40. The van der Waals surface area contributed by atoms with E-state index in [9.17, 15) is 5.11 Å². The summed E-state index contributed by atoms with van der Waals surface area (Å²) >= 11 is 0. The van der Waals surface area contributed by atoms with Gasteiger partial charge in [0.15, 0.2) is 0 Å². The van der Waals surface area contributed by atoms with Crippen molar-refractivity contribution in [3.05, 3.63) is 11.8 Å². The molecule has 88 valence electrons. The highest BCUT2D eigenvalue weighted by atomic mass is 16.3. The maximum Gasteiger partial charge on any atom is 0.0543 e. The molecule has 3 unspecified atom stereocenters. The van der Waals surface area contributed by atoms with Crippen molar-refractivity contribution in [2.45, 2.75) is 51.2 Å². The zero-order chi connectivity index (χ0) is 11.3. The Labute approximate surface area is 92.7 Å². The third kappa shape index (κ3) is 3.50. The van der Waals surface area contributed by atoms with Gasteiger partial charge in [0.05, 0.1) is 6.10 Å². The summed E-state index contributed by atoms with van der Waals surface area (Å²) < 4.78 is 0. The van der Waals surface area contributed by atoms with E-state index < -0.39 is 0 Å². The highest BCUT2D eigenvalue weighted by Crippen LogP contribution is 2.29. The Morgan fingerprint density at radius 3 is 2.80 bits per heavy atom. The monoisotopic (exact) mass is 212 g/mol. The van der Waals surface area contributed by atoms with Crippen molar-refractivity contribution in [3.63, 3.8) is 0 Å². The predicted molar refractivity (Wildman–Crippen MR) is 63.4 cm³/mol. The van der Waals surface area contributed by atoms with Crippen LogP contribution in [0.3, 0.4) is 0 Å². The van der Waals surface area contributed by atoms with Gasteiger partial charge in [0.1, 0.15) is 0 Å². The molecule has 1 saturated carbocycles. The lowest BCUT2D eigenvalue weighted by Gasteiger charge is -2.29. The van der Waals surface area contributed by atoms with Gasteiger partial charge in [-0.1, -0.05) is 12.0 Å². The Morgan fingerprint density at radius 2 is 2.20 bits per heavy atom. The number of nitrogens with one attached hydrogen (secondary N) is 1. The Kier molecular flexibility index (Phi) is 5.12. The van der Waals surface area contributed by atoms with Crippen LogP contribution in [0.25, 0.3) is 0 Å². The van der Waals surface area contributed by atoms with Crippen molar-refractivity contribution in [2.24, 2.45) is 11.7 Å². The molecule has 3 heteroatoms. The van der Waals surface area contributed by atoms with Crippen molar-refractivity contribution in [3.8, 4) is 0 Å². The van der Waals surface area contributed by atoms with Crippen LogP contribution in [0.2, 0.25) is 0 Å². The third-order valence-corrected chi connectivity index (χ3v) is 3.57. The lowest BCUT2D eigenvalue weighted by atomic mass is 9.82. The van der Waals surface area contributed by atoms with E-state index in [1.54, 1.807) is 6.20 Å². The molecule has 1 rings (SSSR count). The van der Waals surface area contributed by atoms with Gasteiger partial charge in [0.2, 0.25) is 0 Å². The first-order chi connectivity index (χ1) is 7.19. The first-order valence-corrected chi connectivity index (χ1v) is 5.95. The molecule has 0 spiro atoms. The molecule has 0 aromatic carbocycles. The zero-order valence-corrected chi connectivity index (χ0v) is 9.87. The van der Waals surface area contributed by atoms with E-state index in [-0.39, 0.29) is 6.10 Å². The number of aliphatic hydroxyl groups is 1.